The van der Waals surface area contributed by atoms with Crippen LogP contribution in [0, 0.1) is 12.7 Å². The first-order valence-electron chi connectivity index (χ1n) is 6.80. The molecule has 1 heterocycles. The summed E-state index contributed by atoms with van der Waals surface area (Å²) in [7, 11) is 0. The van der Waals surface area contributed by atoms with Crippen molar-refractivity contribution in [2.45, 2.75) is 26.0 Å². The van der Waals surface area contributed by atoms with Crippen molar-refractivity contribution in [2.24, 2.45) is 0 Å². The number of aryl methyl sites for hydroxylation is 1. The molecule has 0 spiro atoms. The van der Waals surface area contributed by atoms with Crippen LogP contribution in [0.5, 0.6) is 0 Å². The fourth-order valence-electron chi connectivity index (χ4n) is 1.91. The predicted molar refractivity (Wildman–Crippen MR) is 84.8 cm³/mol. The number of hydrogen-bond acceptors (Lipinski definition) is 4. The van der Waals surface area contributed by atoms with Crippen LogP contribution >= 0.6 is 11.3 Å². The van der Waals surface area contributed by atoms with Crippen molar-refractivity contribution in [2.75, 3.05) is 0 Å². The number of thiazole rings is 1. The summed E-state index contributed by atoms with van der Waals surface area (Å²) in [5.41, 5.74) is 0.552. The molecule has 6 heteroatoms. The minimum Gasteiger partial charge on any atom is -0.386 e. The smallest absolute Gasteiger partial charge is 0.244 e. The van der Waals surface area contributed by atoms with Crippen LogP contribution in [0.4, 0.5) is 4.39 Å². The van der Waals surface area contributed by atoms with Gasteiger partial charge in [0.05, 0.1) is 17.2 Å². The zero-order valence-corrected chi connectivity index (χ0v) is 13.1. The molecule has 0 radical (unpaired) electrons. The zero-order valence-electron chi connectivity index (χ0n) is 12.3. The Morgan fingerprint density at radius 2 is 2.09 bits per heavy atom. The Kier molecular flexibility index (Phi) is 5.41. The van der Waals surface area contributed by atoms with E-state index in [4.69, 9.17) is 0 Å². The second kappa shape index (κ2) is 7.29. The molecule has 0 saturated heterocycles. The highest BCUT2D eigenvalue weighted by molar-refractivity contribution is 7.12. The van der Waals surface area contributed by atoms with E-state index in [0.717, 1.165) is 9.88 Å². The second-order valence-corrected chi connectivity index (χ2v) is 6.17. The van der Waals surface area contributed by atoms with Gasteiger partial charge in [0.2, 0.25) is 5.91 Å². The van der Waals surface area contributed by atoms with Gasteiger partial charge in [-0.25, -0.2) is 9.37 Å². The van der Waals surface area contributed by atoms with Crippen molar-refractivity contribution in [3.63, 3.8) is 0 Å². The molecule has 4 nitrogen and oxygen atoms in total. The van der Waals surface area contributed by atoms with Gasteiger partial charge in [0, 0.05) is 17.2 Å². The van der Waals surface area contributed by atoms with E-state index in [1.807, 2.05) is 6.92 Å². The Morgan fingerprint density at radius 3 is 2.68 bits per heavy atom. The maximum atomic E-state index is 12.9. The lowest BCUT2D eigenvalue weighted by Crippen LogP contribution is -2.36. The van der Waals surface area contributed by atoms with Gasteiger partial charge in [-0.05, 0) is 37.6 Å². The van der Waals surface area contributed by atoms with Crippen LogP contribution in [0.3, 0.4) is 0 Å². The molecule has 1 aromatic heterocycles. The number of carbonyl (C=O) groups excluding carboxylic acids is 1. The highest BCUT2D eigenvalue weighted by atomic mass is 32.1. The number of nitrogens with zero attached hydrogens (tertiary/aromatic N) is 1. The summed E-state index contributed by atoms with van der Waals surface area (Å²) in [6, 6.07) is 5.06. The van der Waals surface area contributed by atoms with Crippen LogP contribution in [-0.4, -0.2) is 22.0 Å². The molecule has 2 atom stereocenters. The average molecular weight is 320 g/mol. The number of amides is 1. The third-order valence-corrected chi connectivity index (χ3v) is 3.97. The van der Waals surface area contributed by atoms with Crippen LogP contribution in [0.15, 0.2) is 36.5 Å². The Balaban J connectivity index is 1.92. The highest BCUT2D eigenvalue weighted by Crippen LogP contribution is 2.17. The number of hydrogen-bond donors (Lipinski definition) is 2. The number of aromatic nitrogens is 1. The SMILES string of the molecule is Cc1ncc(/C=C/C(=O)NC(C)C(O)c2ccc(F)cc2)s1. The van der Waals surface area contributed by atoms with E-state index in [0.29, 0.717) is 5.56 Å². The van der Waals surface area contributed by atoms with Crippen LogP contribution in [0.1, 0.15) is 28.5 Å². The summed E-state index contributed by atoms with van der Waals surface area (Å²) in [6.45, 7) is 3.58. The summed E-state index contributed by atoms with van der Waals surface area (Å²) in [6.07, 6.45) is 3.88. The van der Waals surface area contributed by atoms with Crippen LogP contribution in [0.25, 0.3) is 6.08 Å². The van der Waals surface area contributed by atoms with E-state index in [-0.39, 0.29) is 11.7 Å². The molecule has 2 rings (SSSR count). The van der Waals surface area contributed by atoms with E-state index < -0.39 is 12.1 Å². The highest BCUT2D eigenvalue weighted by Gasteiger charge is 2.17. The van der Waals surface area contributed by atoms with Crippen LogP contribution in [-0.2, 0) is 4.79 Å². The topological polar surface area (TPSA) is 62.2 Å². The zero-order chi connectivity index (χ0) is 16.1. The van der Waals surface area contributed by atoms with Crippen molar-refractivity contribution in [1.29, 1.82) is 0 Å². The van der Waals surface area contributed by atoms with E-state index >= 15 is 0 Å². The van der Waals surface area contributed by atoms with Gasteiger partial charge in [0.15, 0.2) is 0 Å². The molecule has 2 unspecified atom stereocenters. The molecule has 2 N–H and O–H groups in total. The van der Waals surface area contributed by atoms with Gasteiger partial charge in [-0.3, -0.25) is 4.79 Å². The number of carbonyl (C=O) groups is 1. The predicted octanol–water partition coefficient (Wildman–Crippen LogP) is 2.84. The lowest BCUT2D eigenvalue weighted by Gasteiger charge is -2.19. The quantitative estimate of drug-likeness (QED) is 0.833. The van der Waals surface area contributed by atoms with Crippen LogP contribution in [0.2, 0.25) is 0 Å². The van der Waals surface area contributed by atoms with Gasteiger partial charge in [-0.15, -0.1) is 11.3 Å². The van der Waals surface area contributed by atoms with Crippen molar-refractivity contribution in [3.8, 4) is 0 Å². The Bertz CT molecular complexity index is 667. The van der Waals surface area contributed by atoms with Crippen molar-refractivity contribution in [1.82, 2.24) is 10.3 Å². The van der Waals surface area contributed by atoms with E-state index in [2.05, 4.69) is 10.3 Å². The molecule has 0 aliphatic carbocycles. The second-order valence-electron chi connectivity index (χ2n) is 4.91. The molecule has 0 aliphatic rings. The average Bonchev–Trinajstić information content (AvgIpc) is 2.91. The summed E-state index contributed by atoms with van der Waals surface area (Å²) >= 11 is 1.49. The molecular formula is C16H17FN2O2S. The lowest BCUT2D eigenvalue weighted by atomic mass is 10.0. The third kappa shape index (κ3) is 4.47. The number of rotatable bonds is 5. The van der Waals surface area contributed by atoms with E-state index in [9.17, 15) is 14.3 Å². The molecule has 0 fully saturated rings. The van der Waals surface area contributed by atoms with E-state index in [1.54, 1.807) is 19.2 Å². The molecule has 116 valence electrons. The maximum absolute atomic E-state index is 12.9. The van der Waals surface area contributed by atoms with Gasteiger partial charge in [0.1, 0.15) is 5.82 Å². The molecule has 1 amide bonds. The fourth-order valence-corrected chi connectivity index (χ4v) is 2.60. The monoisotopic (exact) mass is 320 g/mol. The maximum Gasteiger partial charge on any atom is 0.244 e. The molecule has 22 heavy (non-hydrogen) atoms. The summed E-state index contributed by atoms with van der Waals surface area (Å²) in [4.78, 5) is 16.8. The molecule has 0 saturated carbocycles. The fraction of sp³-hybridized carbons (Fsp3) is 0.250. The first-order valence-corrected chi connectivity index (χ1v) is 7.62. The number of aliphatic hydroxyl groups is 1. The first-order chi connectivity index (χ1) is 10.5. The summed E-state index contributed by atoms with van der Waals surface area (Å²) < 4.78 is 12.9. The van der Waals surface area contributed by atoms with Gasteiger partial charge >= 0.3 is 0 Å². The Hall–Kier alpha value is -2.05. The van der Waals surface area contributed by atoms with Gasteiger partial charge in [0.25, 0.3) is 0 Å². The van der Waals surface area contributed by atoms with Crippen molar-refractivity contribution in [3.05, 3.63) is 57.8 Å². The molecule has 0 bridgehead atoms. The van der Waals surface area contributed by atoms with Crippen LogP contribution < -0.4 is 5.32 Å². The van der Waals surface area contributed by atoms with Crippen molar-refractivity contribution < 1.29 is 14.3 Å². The van der Waals surface area contributed by atoms with Crippen molar-refractivity contribution >= 4 is 23.3 Å². The number of aliphatic hydroxyl groups excluding tert-OH is 1. The molecular weight excluding hydrogens is 303 g/mol. The number of halogens is 1. The number of benzene rings is 1. The molecule has 2 aromatic rings. The van der Waals surface area contributed by atoms with Gasteiger partial charge in [-0.1, -0.05) is 12.1 Å². The molecule has 1 aromatic carbocycles. The standard InChI is InChI=1S/C16H17FN2O2S/c1-10(16(21)12-3-5-13(17)6-4-12)19-15(20)8-7-14-9-18-11(2)22-14/h3-10,16,21H,1-2H3,(H,19,20)/b8-7+. The minimum absolute atomic E-state index is 0.306. The summed E-state index contributed by atoms with van der Waals surface area (Å²) in [5.74, 6) is -0.671. The van der Waals surface area contributed by atoms with Gasteiger partial charge in [-0.2, -0.15) is 0 Å². The van der Waals surface area contributed by atoms with E-state index in [1.165, 1.54) is 41.7 Å². The third-order valence-electron chi connectivity index (χ3n) is 3.09. The first kappa shape index (κ1) is 16.3. The lowest BCUT2D eigenvalue weighted by molar-refractivity contribution is -0.117. The molecule has 0 aliphatic heterocycles. The Morgan fingerprint density at radius 1 is 1.41 bits per heavy atom. The Labute approximate surface area is 132 Å². The summed E-state index contributed by atoms with van der Waals surface area (Å²) in [5, 5.41) is 13.8. The normalized spacial score (nSPS) is 14.0. The van der Waals surface area contributed by atoms with Gasteiger partial charge < -0.3 is 10.4 Å². The number of nitrogens with one attached hydrogen (secondary N) is 1. The minimum atomic E-state index is -0.899. The largest absolute Gasteiger partial charge is 0.386 e.